The Balaban J connectivity index is 0.00000261. The molecule has 27 heavy (non-hydrogen) atoms. The summed E-state index contributed by atoms with van der Waals surface area (Å²) in [5.41, 5.74) is 1.23. The molecule has 1 aliphatic rings. The monoisotopic (exact) mass is 392 g/mol. The Bertz CT molecular complexity index is 657. The highest BCUT2D eigenvalue weighted by Gasteiger charge is 2.25. The average molecular weight is 393 g/mol. The maximum Gasteiger partial charge on any atom is 0.123 e. The summed E-state index contributed by atoms with van der Waals surface area (Å²) in [6.45, 7) is 5.70. The molecule has 2 aromatic rings. The van der Waals surface area contributed by atoms with Gasteiger partial charge in [0, 0.05) is 31.7 Å². The van der Waals surface area contributed by atoms with Crippen LogP contribution in [-0.4, -0.2) is 58.0 Å². The third kappa shape index (κ3) is 6.40. The Hall–Kier alpha value is -1.79. The smallest absolute Gasteiger partial charge is 0.123 e. The van der Waals surface area contributed by atoms with E-state index in [1.165, 1.54) is 5.56 Å². The van der Waals surface area contributed by atoms with Crippen molar-refractivity contribution in [3.8, 4) is 11.5 Å². The molecule has 2 aromatic carbocycles. The Kier molecular flexibility index (Phi) is 9.42. The standard InChI is InChI=1S/C21H28N2O3.ClH/c1-24-21-10-6-5-9-19(21)20-17-22-11-12-23(20)13-14-25-15-16-26-18-7-3-2-4-8-18;/h2-10,20,22H,11-17H2,1H3;1H. The van der Waals surface area contributed by atoms with Gasteiger partial charge in [-0.3, -0.25) is 4.90 Å². The first-order valence-corrected chi connectivity index (χ1v) is 9.22. The van der Waals surface area contributed by atoms with Crippen LogP contribution in [0.4, 0.5) is 0 Å². The van der Waals surface area contributed by atoms with Gasteiger partial charge >= 0.3 is 0 Å². The summed E-state index contributed by atoms with van der Waals surface area (Å²) in [4.78, 5) is 2.46. The largest absolute Gasteiger partial charge is 0.496 e. The second-order valence-corrected chi connectivity index (χ2v) is 6.27. The molecule has 1 heterocycles. The Labute approximate surface area is 168 Å². The molecule has 1 atom stereocenters. The number of nitrogens with one attached hydrogen (secondary N) is 1. The molecule has 0 amide bonds. The van der Waals surface area contributed by atoms with E-state index in [0.29, 0.717) is 25.9 Å². The zero-order chi connectivity index (χ0) is 18.0. The quantitative estimate of drug-likeness (QED) is 0.664. The van der Waals surface area contributed by atoms with Crippen LogP contribution in [0.1, 0.15) is 11.6 Å². The summed E-state index contributed by atoms with van der Waals surface area (Å²) in [5.74, 6) is 1.83. The fourth-order valence-corrected chi connectivity index (χ4v) is 3.28. The summed E-state index contributed by atoms with van der Waals surface area (Å²) in [7, 11) is 1.73. The van der Waals surface area contributed by atoms with Gasteiger partial charge in [0.15, 0.2) is 0 Å². The molecule has 1 unspecified atom stereocenters. The molecule has 148 valence electrons. The fraction of sp³-hybridized carbons (Fsp3) is 0.429. The number of ether oxygens (including phenoxy) is 3. The highest BCUT2D eigenvalue weighted by molar-refractivity contribution is 5.85. The van der Waals surface area contributed by atoms with Crippen LogP contribution in [0.2, 0.25) is 0 Å². The minimum absolute atomic E-state index is 0. The van der Waals surface area contributed by atoms with E-state index < -0.39 is 0 Å². The van der Waals surface area contributed by atoms with E-state index >= 15 is 0 Å². The van der Waals surface area contributed by atoms with Crippen molar-refractivity contribution in [2.75, 3.05) is 53.1 Å². The first kappa shape index (κ1) is 21.5. The number of methoxy groups -OCH3 is 1. The lowest BCUT2D eigenvalue weighted by molar-refractivity contribution is 0.0605. The van der Waals surface area contributed by atoms with Gasteiger partial charge in [-0.05, 0) is 18.2 Å². The Morgan fingerprint density at radius 1 is 1.00 bits per heavy atom. The third-order valence-corrected chi connectivity index (χ3v) is 4.61. The molecule has 0 spiro atoms. The number of halogens is 1. The maximum atomic E-state index is 5.78. The van der Waals surface area contributed by atoms with Gasteiger partial charge in [-0.25, -0.2) is 0 Å². The van der Waals surface area contributed by atoms with Crippen molar-refractivity contribution in [2.45, 2.75) is 6.04 Å². The topological polar surface area (TPSA) is 43.0 Å². The predicted molar refractivity (Wildman–Crippen MR) is 110 cm³/mol. The zero-order valence-electron chi connectivity index (χ0n) is 15.8. The van der Waals surface area contributed by atoms with Gasteiger partial charge in [-0.15, -0.1) is 12.4 Å². The van der Waals surface area contributed by atoms with E-state index in [9.17, 15) is 0 Å². The van der Waals surface area contributed by atoms with E-state index in [2.05, 4.69) is 22.3 Å². The predicted octanol–water partition coefficient (Wildman–Crippen LogP) is 3.16. The molecule has 1 saturated heterocycles. The van der Waals surface area contributed by atoms with Gasteiger partial charge in [-0.2, -0.15) is 0 Å². The number of nitrogens with zero attached hydrogens (tertiary/aromatic N) is 1. The molecule has 0 radical (unpaired) electrons. The molecule has 0 aromatic heterocycles. The highest BCUT2D eigenvalue weighted by atomic mass is 35.5. The Morgan fingerprint density at radius 3 is 2.59 bits per heavy atom. The molecular weight excluding hydrogens is 364 g/mol. The molecule has 0 bridgehead atoms. The van der Waals surface area contributed by atoms with Crippen LogP contribution in [0.5, 0.6) is 11.5 Å². The van der Waals surface area contributed by atoms with E-state index in [1.807, 2.05) is 42.5 Å². The number of benzene rings is 2. The minimum atomic E-state index is 0. The van der Waals surface area contributed by atoms with Crippen LogP contribution in [0.15, 0.2) is 54.6 Å². The number of rotatable bonds is 9. The van der Waals surface area contributed by atoms with Crippen LogP contribution >= 0.6 is 12.4 Å². The first-order chi connectivity index (χ1) is 12.9. The normalized spacial score (nSPS) is 17.1. The van der Waals surface area contributed by atoms with E-state index in [-0.39, 0.29) is 12.4 Å². The van der Waals surface area contributed by atoms with E-state index in [1.54, 1.807) is 7.11 Å². The van der Waals surface area contributed by atoms with Gasteiger partial charge < -0.3 is 19.5 Å². The molecular formula is C21H29ClN2O3. The van der Waals surface area contributed by atoms with Gasteiger partial charge in [0.1, 0.15) is 18.1 Å². The summed E-state index contributed by atoms with van der Waals surface area (Å²) in [6, 6.07) is 18.4. The molecule has 1 N–H and O–H groups in total. The van der Waals surface area contributed by atoms with Crippen LogP contribution in [0.3, 0.4) is 0 Å². The van der Waals surface area contributed by atoms with Gasteiger partial charge in [0.05, 0.1) is 26.4 Å². The Morgan fingerprint density at radius 2 is 1.78 bits per heavy atom. The molecule has 1 fully saturated rings. The van der Waals surface area contributed by atoms with E-state index in [4.69, 9.17) is 14.2 Å². The van der Waals surface area contributed by atoms with Crippen molar-refractivity contribution in [1.82, 2.24) is 10.2 Å². The lowest BCUT2D eigenvalue weighted by Gasteiger charge is -2.37. The number of para-hydroxylation sites is 2. The lowest BCUT2D eigenvalue weighted by Crippen LogP contribution is -2.47. The second kappa shape index (κ2) is 11.8. The van der Waals surface area contributed by atoms with Crippen molar-refractivity contribution in [1.29, 1.82) is 0 Å². The SMILES string of the molecule is COc1ccccc1C1CNCCN1CCOCCOc1ccccc1.Cl. The maximum absolute atomic E-state index is 5.78. The highest BCUT2D eigenvalue weighted by Crippen LogP contribution is 2.29. The molecule has 0 aliphatic carbocycles. The van der Waals surface area contributed by atoms with Crippen molar-refractivity contribution >= 4 is 12.4 Å². The number of piperazine rings is 1. The van der Waals surface area contributed by atoms with Crippen molar-refractivity contribution in [3.05, 3.63) is 60.2 Å². The summed E-state index contributed by atoms with van der Waals surface area (Å²) < 4.78 is 17.0. The van der Waals surface area contributed by atoms with Crippen molar-refractivity contribution in [2.24, 2.45) is 0 Å². The first-order valence-electron chi connectivity index (χ1n) is 9.22. The lowest BCUT2D eigenvalue weighted by atomic mass is 10.0. The molecule has 3 rings (SSSR count). The summed E-state index contributed by atoms with van der Waals surface area (Å²) in [6.07, 6.45) is 0. The second-order valence-electron chi connectivity index (χ2n) is 6.27. The minimum Gasteiger partial charge on any atom is -0.496 e. The third-order valence-electron chi connectivity index (χ3n) is 4.61. The van der Waals surface area contributed by atoms with Crippen molar-refractivity contribution in [3.63, 3.8) is 0 Å². The van der Waals surface area contributed by atoms with Crippen molar-refractivity contribution < 1.29 is 14.2 Å². The van der Waals surface area contributed by atoms with E-state index in [0.717, 1.165) is 37.7 Å². The zero-order valence-corrected chi connectivity index (χ0v) is 16.6. The average Bonchev–Trinajstić information content (AvgIpc) is 2.71. The van der Waals surface area contributed by atoms with Gasteiger partial charge in [0.2, 0.25) is 0 Å². The van der Waals surface area contributed by atoms with Crippen LogP contribution < -0.4 is 14.8 Å². The van der Waals surface area contributed by atoms with Gasteiger partial charge in [-0.1, -0.05) is 36.4 Å². The van der Waals surface area contributed by atoms with Crippen LogP contribution in [0.25, 0.3) is 0 Å². The molecule has 6 heteroatoms. The fourth-order valence-electron chi connectivity index (χ4n) is 3.28. The molecule has 5 nitrogen and oxygen atoms in total. The van der Waals surface area contributed by atoms with Gasteiger partial charge in [0.25, 0.3) is 0 Å². The molecule has 0 saturated carbocycles. The summed E-state index contributed by atoms with van der Waals surface area (Å²) in [5, 5.41) is 3.49. The number of hydrogen-bond donors (Lipinski definition) is 1. The van der Waals surface area contributed by atoms with Crippen LogP contribution in [-0.2, 0) is 4.74 Å². The molecule has 1 aliphatic heterocycles. The summed E-state index contributed by atoms with van der Waals surface area (Å²) >= 11 is 0. The number of hydrogen-bond acceptors (Lipinski definition) is 5. The van der Waals surface area contributed by atoms with Crippen LogP contribution in [0, 0.1) is 0 Å².